The number of carbonyl (C=O) groups is 1. The van der Waals surface area contributed by atoms with Gasteiger partial charge in [-0.05, 0) is 43.2 Å². The van der Waals surface area contributed by atoms with E-state index in [0.717, 1.165) is 36.5 Å². The van der Waals surface area contributed by atoms with Crippen LogP contribution < -0.4 is 0 Å². The van der Waals surface area contributed by atoms with Crippen molar-refractivity contribution in [3.8, 4) is 0 Å². The van der Waals surface area contributed by atoms with E-state index >= 15 is 0 Å². The smallest absolute Gasteiger partial charge is 0.224 e. The van der Waals surface area contributed by atoms with E-state index in [9.17, 15) is 4.79 Å². The van der Waals surface area contributed by atoms with E-state index in [-0.39, 0.29) is 5.91 Å². The maximum Gasteiger partial charge on any atom is 0.224 e. The molecule has 2 fully saturated rings. The summed E-state index contributed by atoms with van der Waals surface area (Å²) in [5.41, 5.74) is 3.29. The number of fused-ring (bicyclic) bond motifs is 1. The van der Waals surface area contributed by atoms with Crippen molar-refractivity contribution in [1.82, 2.24) is 19.8 Å². The number of likely N-dealkylation sites (tertiary alicyclic amines) is 2. The molecular weight excluding hydrogens is 300 g/mol. The molecule has 0 spiro atoms. The Morgan fingerprint density at radius 3 is 2.75 bits per heavy atom. The Labute approximate surface area is 142 Å². The zero-order valence-electron chi connectivity index (χ0n) is 13.9. The first-order chi connectivity index (χ1) is 11.7. The van der Waals surface area contributed by atoms with Crippen LogP contribution in [-0.4, -0.2) is 44.3 Å². The summed E-state index contributed by atoms with van der Waals surface area (Å²) in [6.45, 7) is 4.58. The van der Waals surface area contributed by atoms with Gasteiger partial charge in [0.15, 0.2) is 0 Å². The highest BCUT2D eigenvalue weighted by Gasteiger charge is 2.46. The van der Waals surface area contributed by atoms with Gasteiger partial charge in [0.2, 0.25) is 5.91 Å². The molecule has 0 aliphatic carbocycles. The van der Waals surface area contributed by atoms with E-state index in [1.807, 2.05) is 25.1 Å². The molecule has 124 valence electrons. The average Bonchev–Trinajstić information content (AvgIpc) is 3.09. The maximum absolute atomic E-state index is 12.5. The zero-order valence-corrected chi connectivity index (χ0v) is 13.9. The molecule has 0 aromatic carbocycles. The Hall–Kier alpha value is -2.27. The number of aryl methyl sites for hydroxylation is 1. The molecule has 0 unspecified atom stereocenters. The van der Waals surface area contributed by atoms with E-state index in [0.29, 0.717) is 25.0 Å². The van der Waals surface area contributed by atoms with Crippen LogP contribution in [0.3, 0.4) is 0 Å². The van der Waals surface area contributed by atoms with Crippen LogP contribution >= 0.6 is 0 Å². The number of amides is 1. The third-order valence-electron chi connectivity index (χ3n) is 5.14. The largest absolute Gasteiger partial charge is 0.334 e. The van der Waals surface area contributed by atoms with Crippen LogP contribution in [0, 0.1) is 6.92 Å². The van der Waals surface area contributed by atoms with Crippen molar-refractivity contribution in [2.75, 3.05) is 6.54 Å². The normalized spacial score (nSPS) is 23.7. The van der Waals surface area contributed by atoms with Crippen molar-refractivity contribution >= 4 is 5.91 Å². The van der Waals surface area contributed by atoms with Gasteiger partial charge in [-0.15, -0.1) is 0 Å². The summed E-state index contributed by atoms with van der Waals surface area (Å²) >= 11 is 0. The second kappa shape index (κ2) is 6.32. The van der Waals surface area contributed by atoms with Crippen LogP contribution in [0.15, 0.2) is 42.7 Å². The number of hydrogen-bond acceptors (Lipinski definition) is 4. The van der Waals surface area contributed by atoms with Crippen molar-refractivity contribution in [3.63, 3.8) is 0 Å². The number of pyridine rings is 2. The van der Waals surface area contributed by atoms with Gasteiger partial charge in [0, 0.05) is 56.2 Å². The third kappa shape index (κ3) is 2.91. The molecule has 5 heteroatoms. The van der Waals surface area contributed by atoms with Crippen LogP contribution in [0.2, 0.25) is 0 Å². The van der Waals surface area contributed by atoms with E-state index < -0.39 is 0 Å². The van der Waals surface area contributed by atoms with E-state index in [2.05, 4.69) is 31.9 Å². The molecule has 0 bridgehead atoms. The quantitative estimate of drug-likeness (QED) is 0.865. The highest BCUT2D eigenvalue weighted by molar-refractivity contribution is 5.80. The number of rotatable bonds is 4. The van der Waals surface area contributed by atoms with Gasteiger partial charge in [0.25, 0.3) is 0 Å². The van der Waals surface area contributed by atoms with Gasteiger partial charge >= 0.3 is 0 Å². The van der Waals surface area contributed by atoms with Crippen LogP contribution in [0.1, 0.15) is 29.8 Å². The molecular formula is C19H22N4O. The van der Waals surface area contributed by atoms with Gasteiger partial charge in [-0.2, -0.15) is 0 Å². The monoisotopic (exact) mass is 322 g/mol. The summed E-state index contributed by atoms with van der Waals surface area (Å²) in [7, 11) is 0. The average molecular weight is 322 g/mol. The van der Waals surface area contributed by atoms with Crippen LogP contribution in [-0.2, 0) is 17.9 Å². The van der Waals surface area contributed by atoms with Gasteiger partial charge < -0.3 is 4.90 Å². The Morgan fingerprint density at radius 1 is 1.12 bits per heavy atom. The first-order valence-corrected chi connectivity index (χ1v) is 8.55. The van der Waals surface area contributed by atoms with Crippen LogP contribution in [0.5, 0.6) is 0 Å². The summed E-state index contributed by atoms with van der Waals surface area (Å²) in [5, 5.41) is 0. The number of aromatic nitrogens is 2. The molecule has 2 aromatic rings. The zero-order chi connectivity index (χ0) is 16.5. The topological polar surface area (TPSA) is 49.3 Å². The molecule has 0 saturated carbocycles. The Morgan fingerprint density at radius 2 is 1.96 bits per heavy atom. The summed E-state index contributed by atoms with van der Waals surface area (Å²) in [4.78, 5) is 25.7. The molecule has 4 rings (SSSR count). The Kier molecular flexibility index (Phi) is 4.02. The molecule has 2 atom stereocenters. The van der Waals surface area contributed by atoms with Gasteiger partial charge in [-0.25, -0.2) is 0 Å². The van der Waals surface area contributed by atoms with Crippen molar-refractivity contribution in [3.05, 3.63) is 59.7 Å². The van der Waals surface area contributed by atoms with Crippen molar-refractivity contribution in [2.24, 2.45) is 0 Å². The lowest BCUT2D eigenvalue weighted by molar-refractivity contribution is -0.129. The summed E-state index contributed by atoms with van der Waals surface area (Å²) in [6, 6.07) is 10.8. The fourth-order valence-corrected chi connectivity index (χ4v) is 3.99. The first-order valence-electron chi connectivity index (χ1n) is 8.55. The minimum Gasteiger partial charge on any atom is -0.334 e. The van der Waals surface area contributed by atoms with Crippen molar-refractivity contribution < 1.29 is 4.79 Å². The van der Waals surface area contributed by atoms with Gasteiger partial charge in [0.05, 0.1) is 5.69 Å². The second-order valence-corrected chi connectivity index (χ2v) is 6.75. The molecule has 2 aliphatic rings. The van der Waals surface area contributed by atoms with E-state index in [1.54, 1.807) is 12.4 Å². The van der Waals surface area contributed by atoms with Crippen LogP contribution in [0.25, 0.3) is 0 Å². The summed E-state index contributed by atoms with van der Waals surface area (Å²) in [5.74, 6) is 0.267. The fourth-order valence-electron chi connectivity index (χ4n) is 3.99. The Bertz CT molecular complexity index is 733. The van der Waals surface area contributed by atoms with E-state index in [4.69, 9.17) is 0 Å². The summed E-state index contributed by atoms with van der Waals surface area (Å²) in [6.07, 6.45) is 5.25. The maximum atomic E-state index is 12.5. The molecule has 5 nitrogen and oxygen atoms in total. The minimum absolute atomic E-state index is 0.267. The van der Waals surface area contributed by atoms with E-state index in [1.165, 1.54) is 0 Å². The highest BCUT2D eigenvalue weighted by Crippen LogP contribution is 2.34. The number of nitrogens with zero attached hydrogens (tertiary/aromatic N) is 4. The second-order valence-electron chi connectivity index (χ2n) is 6.75. The molecule has 1 amide bonds. The molecule has 24 heavy (non-hydrogen) atoms. The van der Waals surface area contributed by atoms with Crippen molar-refractivity contribution in [1.29, 1.82) is 0 Å². The molecule has 4 heterocycles. The highest BCUT2D eigenvalue weighted by atomic mass is 16.2. The lowest BCUT2D eigenvalue weighted by Gasteiger charge is -2.25. The molecule has 2 aromatic heterocycles. The number of carbonyl (C=O) groups excluding carboxylic acids is 1. The first kappa shape index (κ1) is 15.3. The number of hydrogen-bond donors (Lipinski definition) is 0. The Balaban J connectivity index is 1.47. The standard InChI is InChI=1S/C19H22N4O/c1-14-3-2-4-16(21-14)13-22-10-7-17-18(22)11-19(24)23(17)12-15-5-8-20-9-6-15/h2-6,8-9,17-18H,7,10-13H2,1H3/t17-,18+/m1/s1. The van der Waals surface area contributed by atoms with Crippen molar-refractivity contribution in [2.45, 2.75) is 44.9 Å². The predicted octanol–water partition coefficient (Wildman–Crippen LogP) is 2.16. The summed E-state index contributed by atoms with van der Waals surface area (Å²) < 4.78 is 0. The third-order valence-corrected chi connectivity index (χ3v) is 5.14. The molecule has 0 N–H and O–H groups in total. The SMILES string of the molecule is Cc1cccc(CN2CC[C@@H]3[C@@H]2CC(=O)N3Cc2ccncc2)n1. The fraction of sp³-hybridized carbons (Fsp3) is 0.421. The predicted molar refractivity (Wildman–Crippen MR) is 91.0 cm³/mol. The van der Waals surface area contributed by atoms with Gasteiger partial charge in [0.1, 0.15) is 0 Å². The minimum atomic E-state index is 0.267. The molecule has 2 saturated heterocycles. The lowest BCUT2D eigenvalue weighted by Crippen LogP contribution is -2.36. The van der Waals surface area contributed by atoms with Gasteiger partial charge in [-0.3, -0.25) is 19.7 Å². The van der Waals surface area contributed by atoms with Crippen LogP contribution in [0.4, 0.5) is 0 Å². The van der Waals surface area contributed by atoms with Gasteiger partial charge in [-0.1, -0.05) is 6.07 Å². The molecule has 2 aliphatic heterocycles. The molecule has 0 radical (unpaired) electrons. The lowest BCUT2D eigenvalue weighted by atomic mass is 10.1.